The van der Waals surface area contributed by atoms with Crippen LogP contribution in [0.5, 0.6) is 0 Å². The first-order chi connectivity index (χ1) is 11.2. The SMILES string of the molecule is O=C(CCc1cc(Cl)no1)NCc1nc(-c2cnccn2)n[nH]1. The Balaban J connectivity index is 1.48. The van der Waals surface area contributed by atoms with Crippen molar-refractivity contribution in [2.75, 3.05) is 0 Å². The fourth-order valence-electron chi connectivity index (χ4n) is 1.82. The van der Waals surface area contributed by atoms with Crippen molar-refractivity contribution >= 4 is 17.5 Å². The van der Waals surface area contributed by atoms with Crippen molar-refractivity contribution in [1.29, 1.82) is 0 Å². The smallest absolute Gasteiger partial charge is 0.220 e. The molecule has 0 fully saturated rings. The normalized spacial score (nSPS) is 10.7. The highest BCUT2D eigenvalue weighted by Gasteiger charge is 2.10. The zero-order valence-electron chi connectivity index (χ0n) is 11.9. The summed E-state index contributed by atoms with van der Waals surface area (Å²) in [6.45, 7) is 0.239. The van der Waals surface area contributed by atoms with Crippen LogP contribution in [0.25, 0.3) is 11.5 Å². The molecule has 3 rings (SSSR count). The summed E-state index contributed by atoms with van der Waals surface area (Å²) in [6.07, 6.45) is 5.37. The van der Waals surface area contributed by atoms with E-state index >= 15 is 0 Å². The maximum absolute atomic E-state index is 11.8. The number of rotatable bonds is 6. The maximum Gasteiger partial charge on any atom is 0.220 e. The number of carbonyl (C=O) groups is 1. The summed E-state index contributed by atoms with van der Waals surface area (Å²) in [5.74, 6) is 1.38. The molecule has 23 heavy (non-hydrogen) atoms. The summed E-state index contributed by atoms with van der Waals surface area (Å²) in [5, 5.41) is 13.3. The second-order valence-electron chi connectivity index (χ2n) is 4.59. The van der Waals surface area contributed by atoms with Crippen LogP contribution in [-0.4, -0.2) is 36.2 Å². The molecule has 0 radical (unpaired) electrons. The molecule has 0 aliphatic heterocycles. The average Bonchev–Trinajstić information content (AvgIpc) is 3.21. The van der Waals surface area contributed by atoms with Crippen LogP contribution in [0.1, 0.15) is 18.0 Å². The Bertz CT molecular complexity index is 786. The Morgan fingerprint density at radius 1 is 1.39 bits per heavy atom. The molecule has 0 aromatic carbocycles. The van der Waals surface area contributed by atoms with Gasteiger partial charge in [-0.1, -0.05) is 16.8 Å². The predicted octanol–water partition coefficient (Wildman–Crippen LogP) is 1.15. The number of hydrogen-bond donors (Lipinski definition) is 2. The number of amides is 1. The number of aryl methyl sites for hydroxylation is 1. The van der Waals surface area contributed by atoms with Crippen molar-refractivity contribution in [2.24, 2.45) is 0 Å². The van der Waals surface area contributed by atoms with E-state index in [1.54, 1.807) is 24.7 Å². The van der Waals surface area contributed by atoms with Gasteiger partial charge in [0.05, 0.1) is 12.7 Å². The van der Waals surface area contributed by atoms with E-state index in [1.165, 1.54) is 0 Å². The molecule has 0 saturated carbocycles. The Labute approximate surface area is 135 Å². The first-order valence-electron chi connectivity index (χ1n) is 6.76. The molecule has 0 spiro atoms. The lowest BCUT2D eigenvalue weighted by Crippen LogP contribution is -2.23. The van der Waals surface area contributed by atoms with Crippen molar-refractivity contribution in [2.45, 2.75) is 19.4 Å². The number of halogens is 1. The molecule has 3 heterocycles. The van der Waals surface area contributed by atoms with E-state index in [0.717, 1.165) is 0 Å². The number of aromatic nitrogens is 6. The molecule has 3 aromatic rings. The van der Waals surface area contributed by atoms with Crippen molar-refractivity contribution < 1.29 is 9.32 Å². The van der Waals surface area contributed by atoms with E-state index in [-0.39, 0.29) is 24.0 Å². The lowest BCUT2D eigenvalue weighted by Gasteiger charge is -2.01. The van der Waals surface area contributed by atoms with E-state index < -0.39 is 0 Å². The van der Waals surface area contributed by atoms with Crippen LogP contribution in [0, 0.1) is 0 Å². The van der Waals surface area contributed by atoms with Crippen LogP contribution in [0.3, 0.4) is 0 Å². The van der Waals surface area contributed by atoms with Gasteiger partial charge in [0.25, 0.3) is 0 Å². The summed E-state index contributed by atoms with van der Waals surface area (Å²) >= 11 is 5.64. The van der Waals surface area contributed by atoms with Gasteiger partial charge in [-0.15, -0.1) is 0 Å². The number of H-pyrrole nitrogens is 1. The quantitative estimate of drug-likeness (QED) is 0.693. The van der Waals surface area contributed by atoms with E-state index in [4.69, 9.17) is 16.1 Å². The van der Waals surface area contributed by atoms with E-state index in [1.807, 2.05) is 0 Å². The molecular weight excluding hydrogens is 322 g/mol. The van der Waals surface area contributed by atoms with E-state index in [0.29, 0.717) is 29.5 Å². The van der Waals surface area contributed by atoms with Gasteiger partial charge in [-0.05, 0) is 0 Å². The lowest BCUT2D eigenvalue weighted by molar-refractivity contribution is -0.121. The molecule has 0 aliphatic carbocycles. The highest BCUT2D eigenvalue weighted by molar-refractivity contribution is 6.29. The van der Waals surface area contributed by atoms with Crippen LogP contribution in [0.2, 0.25) is 5.15 Å². The Morgan fingerprint density at radius 3 is 3.04 bits per heavy atom. The monoisotopic (exact) mass is 333 g/mol. The van der Waals surface area contributed by atoms with Gasteiger partial charge in [0.2, 0.25) is 11.7 Å². The fourth-order valence-corrected chi connectivity index (χ4v) is 1.97. The van der Waals surface area contributed by atoms with Crippen molar-refractivity contribution in [1.82, 2.24) is 35.6 Å². The van der Waals surface area contributed by atoms with Gasteiger partial charge >= 0.3 is 0 Å². The van der Waals surface area contributed by atoms with Gasteiger partial charge in [0.1, 0.15) is 17.3 Å². The second-order valence-corrected chi connectivity index (χ2v) is 4.98. The van der Waals surface area contributed by atoms with E-state index in [9.17, 15) is 4.79 Å². The molecule has 118 valence electrons. The third-order valence-corrected chi connectivity index (χ3v) is 3.08. The molecule has 3 aromatic heterocycles. The van der Waals surface area contributed by atoms with Gasteiger partial charge in [-0.3, -0.25) is 14.9 Å². The molecule has 2 N–H and O–H groups in total. The first kappa shape index (κ1) is 15.1. The third kappa shape index (κ3) is 4.10. The number of nitrogens with one attached hydrogen (secondary N) is 2. The summed E-state index contributed by atoms with van der Waals surface area (Å²) in [4.78, 5) is 24.1. The fraction of sp³-hybridized carbons (Fsp3) is 0.231. The standard InChI is InChI=1S/C13H12ClN7O2/c14-10-5-8(23-21-10)1-2-12(22)17-7-11-18-13(20-19-11)9-6-15-3-4-16-9/h3-6H,1-2,7H2,(H,17,22)(H,18,19,20). The number of nitrogens with zero attached hydrogens (tertiary/aromatic N) is 5. The molecule has 9 nitrogen and oxygen atoms in total. The molecule has 0 unspecified atom stereocenters. The number of carbonyl (C=O) groups excluding carboxylic acids is 1. The number of aromatic amines is 1. The minimum atomic E-state index is -0.144. The maximum atomic E-state index is 11.8. The zero-order valence-corrected chi connectivity index (χ0v) is 12.6. The summed E-state index contributed by atoms with van der Waals surface area (Å²) in [6, 6.07) is 1.58. The first-order valence-corrected chi connectivity index (χ1v) is 7.14. The highest BCUT2D eigenvalue weighted by Crippen LogP contribution is 2.11. The minimum absolute atomic E-state index is 0.144. The molecule has 0 saturated heterocycles. The summed E-state index contributed by atoms with van der Waals surface area (Å²) < 4.78 is 4.93. The summed E-state index contributed by atoms with van der Waals surface area (Å²) in [5.41, 5.74) is 0.559. The highest BCUT2D eigenvalue weighted by atomic mass is 35.5. The van der Waals surface area contributed by atoms with Crippen LogP contribution in [0.15, 0.2) is 29.2 Å². The van der Waals surface area contributed by atoms with Crippen LogP contribution in [0.4, 0.5) is 0 Å². The van der Waals surface area contributed by atoms with Crippen molar-refractivity contribution in [3.8, 4) is 11.5 Å². The summed E-state index contributed by atoms with van der Waals surface area (Å²) in [7, 11) is 0. The Morgan fingerprint density at radius 2 is 2.30 bits per heavy atom. The molecule has 10 heteroatoms. The van der Waals surface area contributed by atoms with E-state index in [2.05, 4.69) is 35.6 Å². The number of hydrogen-bond acceptors (Lipinski definition) is 7. The third-order valence-electron chi connectivity index (χ3n) is 2.91. The van der Waals surface area contributed by atoms with Crippen LogP contribution >= 0.6 is 11.6 Å². The van der Waals surface area contributed by atoms with Crippen molar-refractivity contribution in [3.05, 3.63) is 41.4 Å². The predicted molar refractivity (Wildman–Crippen MR) is 79.1 cm³/mol. The van der Waals surface area contributed by atoms with Crippen LogP contribution < -0.4 is 5.32 Å². The van der Waals surface area contributed by atoms with Gasteiger partial charge in [0, 0.05) is 31.3 Å². The Kier molecular flexibility index (Phi) is 4.57. The molecule has 0 atom stereocenters. The molecular formula is C13H12ClN7O2. The molecule has 0 bridgehead atoms. The average molecular weight is 334 g/mol. The molecule has 0 aliphatic rings. The Hall–Kier alpha value is -2.81. The van der Waals surface area contributed by atoms with Gasteiger partial charge in [0.15, 0.2) is 5.15 Å². The minimum Gasteiger partial charge on any atom is -0.360 e. The largest absolute Gasteiger partial charge is 0.360 e. The van der Waals surface area contributed by atoms with Crippen LogP contribution in [-0.2, 0) is 17.8 Å². The van der Waals surface area contributed by atoms with Gasteiger partial charge < -0.3 is 9.84 Å². The topological polar surface area (TPSA) is 122 Å². The molecule has 1 amide bonds. The lowest BCUT2D eigenvalue weighted by atomic mass is 10.2. The zero-order chi connectivity index (χ0) is 16.1. The second kappa shape index (κ2) is 6.97. The van der Waals surface area contributed by atoms with Gasteiger partial charge in [-0.25, -0.2) is 9.97 Å². The van der Waals surface area contributed by atoms with Crippen molar-refractivity contribution in [3.63, 3.8) is 0 Å². The van der Waals surface area contributed by atoms with Gasteiger partial charge in [-0.2, -0.15) is 5.10 Å².